The molecule has 0 unspecified atom stereocenters. The number of hydrogen-bond acceptors (Lipinski definition) is 3. The van der Waals surface area contributed by atoms with Crippen LogP contribution in [0.5, 0.6) is 0 Å². The third-order valence-corrected chi connectivity index (χ3v) is 2.57. The summed E-state index contributed by atoms with van der Waals surface area (Å²) in [5.74, 6) is -0.780. The van der Waals surface area contributed by atoms with Crippen LogP contribution >= 0.6 is 0 Å². The van der Waals surface area contributed by atoms with Gasteiger partial charge in [-0.1, -0.05) is 6.92 Å². The normalized spacial score (nSPS) is 11.1. The van der Waals surface area contributed by atoms with Gasteiger partial charge in [0.1, 0.15) is 0 Å². The van der Waals surface area contributed by atoms with E-state index in [1.54, 1.807) is 0 Å². The molecule has 0 spiro atoms. The zero-order valence-corrected chi connectivity index (χ0v) is 10.8. The Morgan fingerprint density at radius 2 is 2.24 bits per heavy atom. The first kappa shape index (κ1) is 13.7. The van der Waals surface area contributed by atoms with Gasteiger partial charge in [0.15, 0.2) is 0 Å². The second-order valence-electron chi connectivity index (χ2n) is 4.20. The van der Waals surface area contributed by atoms with Gasteiger partial charge in [-0.3, -0.25) is 14.4 Å². The van der Waals surface area contributed by atoms with Crippen LogP contribution in [0, 0.1) is 6.92 Å². The fourth-order valence-electron chi connectivity index (χ4n) is 1.95. The van der Waals surface area contributed by atoms with Crippen LogP contribution in [0.2, 0.25) is 0 Å². The SMILES string of the molecule is CCCN(CC(=O)O)Cc1cc(C)nn1CC. The Labute approximate surface area is 102 Å². The Balaban J connectivity index is 2.73. The topological polar surface area (TPSA) is 58.4 Å². The summed E-state index contributed by atoms with van der Waals surface area (Å²) in [6, 6.07) is 2.02. The number of aromatic nitrogens is 2. The molecule has 0 fully saturated rings. The number of aliphatic carboxylic acids is 1. The predicted molar refractivity (Wildman–Crippen MR) is 65.8 cm³/mol. The molecule has 5 nitrogen and oxygen atoms in total. The van der Waals surface area contributed by atoms with Crippen LogP contribution < -0.4 is 0 Å². The lowest BCUT2D eigenvalue weighted by atomic mass is 10.3. The summed E-state index contributed by atoms with van der Waals surface area (Å²) in [6.45, 7) is 8.39. The van der Waals surface area contributed by atoms with Gasteiger partial charge in [0.05, 0.1) is 17.9 Å². The lowest BCUT2D eigenvalue weighted by molar-refractivity contribution is -0.138. The van der Waals surface area contributed by atoms with Crippen LogP contribution in [0.25, 0.3) is 0 Å². The molecule has 0 aliphatic heterocycles. The van der Waals surface area contributed by atoms with E-state index >= 15 is 0 Å². The summed E-state index contributed by atoms with van der Waals surface area (Å²) in [5, 5.41) is 13.2. The number of aryl methyl sites for hydroxylation is 2. The van der Waals surface area contributed by atoms with Crippen LogP contribution in [-0.4, -0.2) is 38.8 Å². The van der Waals surface area contributed by atoms with Gasteiger partial charge in [0, 0.05) is 13.1 Å². The second kappa shape index (κ2) is 6.39. The monoisotopic (exact) mass is 239 g/mol. The average molecular weight is 239 g/mol. The highest BCUT2D eigenvalue weighted by Gasteiger charge is 2.12. The average Bonchev–Trinajstić information content (AvgIpc) is 2.58. The van der Waals surface area contributed by atoms with Crippen molar-refractivity contribution in [1.29, 1.82) is 0 Å². The van der Waals surface area contributed by atoms with E-state index in [1.165, 1.54) is 0 Å². The molecule has 1 aromatic rings. The third kappa shape index (κ3) is 4.19. The second-order valence-corrected chi connectivity index (χ2v) is 4.20. The first-order chi connectivity index (χ1) is 8.06. The maximum Gasteiger partial charge on any atom is 0.317 e. The minimum atomic E-state index is -0.780. The summed E-state index contributed by atoms with van der Waals surface area (Å²) in [6.07, 6.45) is 0.951. The van der Waals surface area contributed by atoms with Gasteiger partial charge in [-0.15, -0.1) is 0 Å². The minimum absolute atomic E-state index is 0.0851. The van der Waals surface area contributed by atoms with E-state index in [2.05, 4.69) is 12.0 Å². The maximum absolute atomic E-state index is 10.8. The van der Waals surface area contributed by atoms with Gasteiger partial charge in [-0.25, -0.2) is 0 Å². The minimum Gasteiger partial charge on any atom is -0.480 e. The Morgan fingerprint density at radius 1 is 1.53 bits per heavy atom. The summed E-state index contributed by atoms with van der Waals surface area (Å²) in [5.41, 5.74) is 2.06. The van der Waals surface area contributed by atoms with Crippen molar-refractivity contribution >= 4 is 5.97 Å². The number of carboxylic acids is 1. The standard InChI is InChI=1S/C12H21N3O2/c1-4-6-14(9-12(16)17)8-11-7-10(3)13-15(11)5-2/h7H,4-6,8-9H2,1-3H3,(H,16,17). The van der Waals surface area contributed by atoms with E-state index in [0.717, 1.165) is 30.9 Å². The van der Waals surface area contributed by atoms with Crippen molar-refractivity contribution in [2.24, 2.45) is 0 Å². The Bertz CT molecular complexity index is 374. The molecule has 0 saturated heterocycles. The van der Waals surface area contributed by atoms with Crippen LogP contribution in [0.4, 0.5) is 0 Å². The molecule has 1 rings (SSSR count). The van der Waals surface area contributed by atoms with Crippen molar-refractivity contribution < 1.29 is 9.90 Å². The molecule has 1 aromatic heterocycles. The number of hydrogen-bond donors (Lipinski definition) is 1. The first-order valence-electron chi connectivity index (χ1n) is 6.04. The number of nitrogens with zero attached hydrogens (tertiary/aromatic N) is 3. The van der Waals surface area contributed by atoms with Gasteiger partial charge in [-0.2, -0.15) is 5.10 Å². The third-order valence-electron chi connectivity index (χ3n) is 2.57. The van der Waals surface area contributed by atoms with Crippen molar-refractivity contribution in [2.75, 3.05) is 13.1 Å². The van der Waals surface area contributed by atoms with E-state index < -0.39 is 5.97 Å². The zero-order chi connectivity index (χ0) is 12.8. The summed E-state index contributed by atoms with van der Waals surface area (Å²) < 4.78 is 1.93. The highest BCUT2D eigenvalue weighted by Crippen LogP contribution is 2.08. The molecule has 0 radical (unpaired) electrons. The molecule has 0 aromatic carbocycles. The van der Waals surface area contributed by atoms with E-state index in [-0.39, 0.29) is 6.54 Å². The lowest BCUT2D eigenvalue weighted by Gasteiger charge is -2.19. The van der Waals surface area contributed by atoms with E-state index in [1.807, 2.05) is 29.5 Å². The first-order valence-corrected chi connectivity index (χ1v) is 6.04. The highest BCUT2D eigenvalue weighted by atomic mass is 16.4. The summed E-state index contributed by atoms with van der Waals surface area (Å²) in [4.78, 5) is 12.7. The molecular weight excluding hydrogens is 218 g/mol. The van der Waals surface area contributed by atoms with Crippen molar-refractivity contribution in [3.63, 3.8) is 0 Å². The lowest BCUT2D eigenvalue weighted by Crippen LogP contribution is -2.31. The molecule has 0 atom stereocenters. The fraction of sp³-hybridized carbons (Fsp3) is 0.667. The van der Waals surface area contributed by atoms with Crippen molar-refractivity contribution in [3.8, 4) is 0 Å². The van der Waals surface area contributed by atoms with E-state index in [9.17, 15) is 4.79 Å². The van der Waals surface area contributed by atoms with Crippen LogP contribution in [0.3, 0.4) is 0 Å². The molecule has 0 aliphatic rings. The van der Waals surface area contributed by atoms with Crippen molar-refractivity contribution in [2.45, 2.75) is 40.3 Å². The Morgan fingerprint density at radius 3 is 2.76 bits per heavy atom. The van der Waals surface area contributed by atoms with Crippen molar-refractivity contribution in [1.82, 2.24) is 14.7 Å². The van der Waals surface area contributed by atoms with Gasteiger partial charge in [0.25, 0.3) is 0 Å². The van der Waals surface area contributed by atoms with E-state index in [0.29, 0.717) is 6.54 Å². The molecule has 1 N–H and O–H groups in total. The van der Waals surface area contributed by atoms with Crippen molar-refractivity contribution in [3.05, 3.63) is 17.5 Å². The predicted octanol–water partition coefficient (Wildman–Crippen LogP) is 1.51. The largest absolute Gasteiger partial charge is 0.480 e. The number of rotatable bonds is 7. The van der Waals surface area contributed by atoms with Crippen LogP contribution in [0.15, 0.2) is 6.07 Å². The van der Waals surface area contributed by atoms with Crippen LogP contribution in [0.1, 0.15) is 31.7 Å². The molecule has 1 heterocycles. The Kier molecular flexibility index (Phi) is 5.15. The zero-order valence-electron chi connectivity index (χ0n) is 10.8. The number of carbonyl (C=O) groups is 1. The molecule has 0 amide bonds. The molecule has 96 valence electrons. The van der Waals surface area contributed by atoms with Gasteiger partial charge < -0.3 is 5.11 Å². The maximum atomic E-state index is 10.8. The highest BCUT2D eigenvalue weighted by molar-refractivity contribution is 5.69. The quantitative estimate of drug-likeness (QED) is 0.783. The number of carboxylic acid groups (broad SMARTS) is 1. The molecule has 0 bridgehead atoms. The fourth-order valence-corrected chi connectivity index (χ4v) is 1.95. The molecule has 0 saturated carbocycles. The van der Waals surface area contributed by atoms with E-state index in [4.69, 9.17) is 5.11 Å². The van der Waals surface area contributed by atoms with Gasteiger partial charge in [-0.05, 0) is 32.9 Å². The Hall–Kier alpha value is -1.36. The molecule has 0 aliphatic carbocycles. The summed E-state index contributed by atoms with van der Waals surface area (Å²) in [7, 11) is 0. The smallest absolute Gasteiger partial charge is 0.317 e. The molecular formula is C12H21N3O2. The molecule has 17 heavy (non-hydrogen) atoms. The molecule has 5 heteroatoms. The van der Waals surface area contributed by atoms with Gasteiger partial charge in [0.2, 0.25) is 0 Å². The van der Waals surface area contributed by atoms with Crippen LogP contribution in [-0.2, 0) is 17.9 Å². The summed E-state index contributed by atoms with van der Waals surface area (Å²) >= 11 is 0. The van der Waals surface area contributed by atoms with Gasteiger partial charge >= 0.3 is 5.97 Å².